The molecule has 0 heterocycles. The monoisotopic (exact) mass is 630 g/mol. The van der Waals surface area contributed by atoms with Crippen molar-refractivity contribution in [3.05, 3.63) is 59.7 Å². The van der Waals surface area contributed by atoms with Crippen molar-refractivity contribution in [2.75, 3.05) is 0 Å². The minimum absolute atomic E-state index is 0.198. The second-order valence-electron chi connectivity index (χ2n) is 12.2. The fourth-order valence-electron chi connectivity index (χ4n) is 5.51. The van der Waals surface area contributed by atoms with Crippen LogP contribution in [0.15, 0.2) is 48.5 Å². The highest BCUT2D eigenvalue weighted by molar-refractivity contribution is 5.64. The van der Waals surface area contributed by atoms with Crippen molar-refractivity contribution < 1.29 is 36.6 Å². The largest absolute Gasteiger partial charge is 0.414 e. The lowest BCUT2D eigenvalue weighted by Crippen LogP contribution is -2.28. The van der Waals surface area contributed by atoms with Crippen LogP contribution in [0.1, 0.15) is 127 Å². The summed E-state index contributed by atoms with van der Waals surface area (Å²) in [5.74, 6) is 0. The van der Waals surface area contributed by atoms with Crippen LogP contribution in [0, 0.1) is 0 Å². The lowest BCUT2D eigenvalue weighted by atomic mass is 9.98. The number of hydrogen-bond donors (Lipinski definition) is 2. The van der Waals surface area contributed by atoms with E-state index in [1.807, 2.05) is 0 Å². The molecule has 2 atom stereocenters. The zero-order valence-corrected chi connectivity index (χ0v) is 26.1. The first-order chi connectivity index (χ1) is 21.0. The van der Waals surface area contributed by atoms with Gasteiger partial charge in [-0.25, -0.2) is 0 Å². The molecule has 0 bridgehead atoms. The smallest absolute Gasteiger partial charge is 0.384 e. The lowest BCUT2D eigenvalue weighted by molar-refractivity contribution is -0.206. The Balaban J connectivity index is 1.49. The van der Waals surface area contributed by atoms with E-state index in [0.717, 1.165) is 103 Å². The van der Waals surface area contributed by atoms with E-state index in [9.17, 15) is 26.3 Å². The normalized spacial score (nSPS) is 13.7. The third-order valence-electron chi connectivity index (χ3n) is 8.38. The van der Waals surface area contributed by atoms with Crippen molar-refractivity contribution in [1.82, 2.24) is 0 Å². The second-order valence-corrected chi connectivity index (χ2v) is 12.2. The number of benzene rings is 2. The third kappa shape index (κ3) is 16.9. The van der Waals surface area contributed by atoms with Crippen molar-refractivity contribution in [3.8, 4) is 11.1 Å². The standard InChI is InChI=1S/C36H52F6O2/c37-35(38,39)33(43)19-15-11-7-3-1-5-9-13-17-29-21-25-31(26-22-29)32-27-23-30(24-28-32)18-14-10-6-2-4-8-12-16-20-34(44)36(40,41)42/h21-28,33-34,43-44H,1-20H2/t33-,34-/m0/s1. The Kier molecular flexibility index (Phi) is 18.1. The molecular formula is C36H52F6O2. The molecule has 250 valence electrons. The van der Waals surface area contributed by atoms with Crippen LogP contribution in [0.4, 0.5) is 26.3 Å². The molecule has 2 nitrogen and oxygen atoms in total. The van der Waals surface area contributed by atoms with Crippen LogP contribution in [0.2, 0.25) is 0 Å². The van der Waals surface area contributed by atoms with Gasteiger partial charge in [0.2, 0.25) is 0 Å². The van der Waals surface area contributed by atoms with Crippen molar-refractivity contribution >= 4 is 0 Å². The van der Waals surface area contributed by atoms with Crippen LogP contribution in [-0.2, 0) is 12.8 Å². The van der Waals surface area contributed by atoms with Gasteiger partial charge in [0.15, 0.2) is 0 Å². The molecule has 2 N–H and O–H groups in total. The first kappa shape index (κ1) is 38.1. The summed E-state index contributed by atoms with van der Waals surface area (Å²) in [4.78, 5) is 0. The Morgan fingerprint density at radius 1 is 0.386 bits per heavy atom. The zero-order chi connectivity index (χ0) is 32.3. The minimum Gasteiger partial charge on any atom is -0.384 e. The minimum atomic E-state index is -4.50. The van der Waals surface area contributed by atoms with Crippen molar-refractivity contribution in [1.29, 1.82) is 0 Å². The summed E-state index contributed by atoms with van der Waals surface area (Å²) >= 11 is 0. The first-order valence-corrected chi connectivity index (χ1v) is 16.6. The molecule has 44 heavy (non-hydrogen) atoms. The van der Waals surface area contributed by atoms with Gasteiger partial charge in [-0.1, -0.05) is 138 Å². The molecule has 0 amide bonds. The number of rotatable bonds is 23. The molecule has 2 aromatic rings. The molecule has 0 fully saturated rings. The van der Waals surface area contributed by atoms with E-state index < -0.39 is 24.6 Å². The molecule has 0 unspecified atom stereocenters. The summed E-state index contributed by atoms with van der Waals surface area (Å²) < 4.78 is 73.7. The van der Waals surface area contributed by atoms with Crippen molar-refractivity contribution in [3.63, 3.8) is 0 Å². The number of aliphatic hydroxyl groups is 2. The third-order valence-corrected chi connectivity index (χ3v) is 8.38. The maximum atomic E-state index is 12.3. The maximum absolute atomic E-state index is 12.3. The number of halogens is 6. The topological polar surface area (TPSA) is 40.5 Å². The summed E-state index contributed by atoms with van der Waals surface area (Å²) in [7, 11) is 0. The molecular weight excluding hydrogens is 578 g/mol. The number of hydrogen-bond acceptors (Lipinski definition) is 2. The van der Waals surface area contributed by atoms with Gasteiger partial charge in [0.25, 0.3) is 0 Å². The van der Waals surface area contributed by atoms with Gasteiger partial charge in [-0.05, 0) is 60.8 Å². The summed E-state index contributed by atoms with van der Waals surface area (Å²) in [6.07, 6.45) is 3.57. The molecule has 0 spiro atoms. The van der Waals surface area contributed by atoms with Crippen LogP contribution in [0.3, 0.4) is 0 Å². The number of aliphatic hydroxyl groups excluding tert-OH is 2. The van der Waals surface area contributed by atoms with E-state index in [1.54, 1.807) is 0 Å². The first-order valence-electron chi connectivity index (χ1n) is 16.6. The van der Waals surface area contributed by atoms with Gasteiger partial charge in [-0.2, -0.15) is 26.3 Å². The highest BCUT2D eigenvalue weighted by Crippen LogP contribution is 2.26. The predicted octanol–water partition coefficient (Wildman–Crippen LogP) is 11.3. The average Bonchev–Trinajstić information content (AvgIpc) is 2.98. The number of alkyl halides is 6. The van der Waals surface area contributed by atoms with E-state index in [-0.39, 0.29) is 12.8 Å². The molecule has 2 aromatic carbocycles. The van der Waals surface area contributed by atoms with Crippen molar-refractivity contribution in [2.45, 2.75) is 153 Å². The molecule has 0 aliphatic rings. The lowest BCUT2D eigenvalue weighted by Gasteiger charge is -2.13. The molecule has 0 aliphatic carbocycles. The van der Waals surface area contributed by atoms with E-state index in [4.69, 9.17) is 10.2 Å². The van der Waals surface area contributed by atoms with E-state index in [2.05, 4.69) is 48.5 Å². The molecule has 2 rings (SSSR count). The highest BCUT2D eigenvalue weighted by Gasteiger charge is 2.38. The highest BCUT2D eigenvalue weighted by atomic mass is 19.4. The fraction of sp³-hybridized carbons (Fsp3) is 0.667. The van der Waals surface area contributed by atoms with Crippen molar-refractivity contribution in [2.24, 2.45) is 0 Å². The van der Waals surface area contributed by atoms with E-state index in [0.29, 0.717) is 12.8 Å². The molecule has 0 aromatic heterocycles. The van der Waals surface area contributed by atoms with E-state index in [1.165, 1.54) is 22.3 Å². The van der Waals surface area contributed by atoms with Gasteiger partial charge >= 0.3 is 12.4 Å². The van der Waals surface area contributed by atoms with Gasteiger partial charge in [-0.15, -0.1) is 0 Å². The predicted molar refractivity (Wildman–Crippen MR) is 167 cm³/mol. The van der Waals surface area contributed by atoms with Crippen LogP contribution >= 0.6 is 0 Å². The SMILES string of the molecule is O[C@@H](CCCCCCCCCCc1ccc(-c2ccc(CCCCCCCCCC[C@H](O)C(F)(F)F)cc2)cc1)C(F)(F)F. The van der Waals surface area contributed by atoms with Gasteiger partial charge < -0.3 is 10.2 Å². The van der Waals surface area contributed by atoms with Crippen LogP contribution < -0.4 is 0 Å². The summed E-state index contributed by atoms with van der Waals surface area (Å²) in [6, 6.07) is 17.5. The second kappa shape index (κ2) is 20.9. The maximum Gasteiger partial charge on any atom is 0.414 e. The van der Waals surface area contributed by atoms with E-state index >= 15 is 0 Å². The van der Waals surface area contributed by atoms with Crippen LogP contribution in [0.5, 0.6) is 0 Å². The summed E-state index contributed by atoms with van der Waals surface area (Å²) in [6.45, 7) is 0. The Morgan fingerprint density at radius 3 is 0.909 bits per heavy atom. The molecule has 0 radical (unpaired) electrons. The Labute approximate surface area is 260 Å². The average molecular weight is 631 g/mol. The molecule has 0 saturated carbocycles. The van der Waals surface area contributed by atoms with Gasteiger partial charge in [-0.3, -0.25) is 0 Å². The number of aryl methyl sites for hydroxylation is 2. The van der Waals surface area contributed by atoms with Gasteiger partial charge in [0.1, 0.15) is 12.2 Å². The molecule has 8 heteroatoms. The summed E-state index contributed by atoms with van der Waals surface area (Å²) in [5.41, 5.74) is 5.06. The van der Waals surface area contributed by atoms with Crippen LogP contribution in [-0.4, -0.2) is 34.8 Å². The van der Waals surface area contributed by atoms with Gasteiger partial charge in [0, 0.05) is 0 Å². The Morgan fingerprint density at radius 2 is 0.636 bits per heavy atom. The Hall–Kier alpha value is -2.06. The zero-order valence-electron chi connectivity index (χ0n) is 26.1. The fourth-order valence-corrected chi connectivity index (χ4v) is 5.51. The molecule has 0 aliphatic heterocycles. The van der Waals surface area contributed by atoms with Crippen LogP contribution in [0.25, 0.3) is 11.1 Å². The summed E-state index contributed by atoms with van der Waals surface area (Å²) in [5, 5.41) is 18.0. The van der Waals surface area contributed by atoms with Gasteiger partial charge in [0.05, 0.1) is 0 Å². The molecule has 0 saturated heterocycles. The quantitative estimate of drug-likeness (QED) is 0.0947. The Bertz CT molecular complexity index is 904. The number of unbranched alkanes of at least 4 members (excludes halogenated alkanes) is 14.